The van der Waals surface area contributed by atoms with Crippen molar-refractivity contribution in [3.63, 3.8) is 0 Å². The summed E-state index contributed by atoms with van der Waals surface area (Å²) in [6, 6.07) is 6.10. The molecular formula is C13H20N2O3. The van der Waals surface area contributed by atoms with Gasteiger partial charge in [0.1, 0.15) is 0 Å². The molecule has 5 heteroatoms. The topological polar surface area (TPSA) is 81.6 Å². The van der Waals surface area contributed by atoms with E-state index in [0.717, 1.165) is 0 Å². The minimum atomic E-state index is -1.12. The van der Waals surface area contributed by atoms with E-state index in [-0.39, 0.29) is 6.54 Å². The molecule has 1 rings (SSSR count). The molecule has 0 aliphatic heterocycles. The van der Waals surface area contributed by atoms with Gasteiger partial charge >= 0.3 is 6.09 Å². The van der Waals surface area contributed by atoms with Crippen molar-refractivity contribution in [2.24, 2.45) is 0 Å². The van der Waals surface area contributed by atoms with Crippen molar-refractivity contribution < 1.29 is 15.0 Å². The van der Waals surface area contributed by atoms with Crippen LogP contribution in [0.2, 0.25) is 0 Å². The first-order valence-corrected chi connectivity index (χ1v) is 5.91. The highest BCUT2D eigenvalue weighted by atomic mass is 16.4. The molecule has 0 aliphatic rings. The summed E-state index contributed by atoms with van der Waals surface area (Å²) >= 11 is 0. The van der Waals surface area contributed by atoms with Gasteiger partial charge in [-0.25, -0.2) is 4.79 Å². The molecule has 0 bridgehead atoms. The van der Waals surface area contributed by atoms with E-state index in [1.54, 1.807) is 0 Å². The number of hydrogen-bond donors (Lipinski definition) is 4. The van der Waals surface area contributed by atoms with E-state index in [0.29, 0.717) is 13.1 Å². The quantitative estimate of drug-likeness (QED) is 0.609. The Morgan fingerprint density at radius 1 is 1.33 bits per heavy atom. The minimum Gasteiger partial charge on any atom is -0.465 e. The van der Waals surface area contributed by atoms with Crippen LogP contribution < -0.4 is 10.6 Å². The summed E-state index contributed by atoms with van der Waals surface area (Å²) in [5.41, 5.74) is 3.67. The normalized spacial score (nSPS) is 12.2. The Morgan fingerprint density at radius 2 is 2.06 bits per heavy atom. The summed E-state index contributed by atoms with van der Waals surface area (Å²) in [6.45, 7) is 5.18. The SMILES string of the molecule is Cc1cccc(CNCC(O)CNC(=O)O)c1C. The fourth-order valence-corrected chi connectivity index (χ4v) is 1.65. The number of carbonyl (C=O) groups is 1. The molecule has 0 saturated heterocycles. The van der Waals surface area contributed by atoms with Crippen LogP contribution in [0.25, 0.3) is 0 Å². The summed E-state index contributed by atoms with van der Waals surface area (Å²) in [5, 5.41) is 23.2. The molecule has 1 unspecified atom stereocenters. The second-order valence-corrected chi connectivity index (χ2v) is 4.33. The zero-order valence-corrected chi connectivity index (χ0v) is 10.7. The van der Waals surface area contributed by atoms with Crippen molar-refractivity contribution in [3.05, 3.63) is 34.9 Å². The smallest absolute Gasteiger partial charge is 0.404 e. The first kappa shape index (κ1) is 14.5. The summed E-state index contributed by atoms with van der Waals surface area (Å²) in [7, 11) is 0. The average molecular weight is 252 g/mol. The molecule has 1 atom stereocenters. The molecule has 18 heavy (non-hydrogen) atoms. The Hall–Kier alpha value is -1.59. The molecule has 1 aromatic rings. The number of hydrogen-bond acceptors (Lipinski definition) is 3. The molecule has 0 aliphatic carbocycles. The molecule has 1 aromatic carbocycles. The lowest BCUT2D eigenvalue weighted by atomic mass is 10.0. The number of rotatable bonds is 6. The fourth-order valence-electron chi connectivity index (χ4n) is 1.65. The third-order valence-electron chi connectivity index (χ3n) is 2.90. The van der Waals surface area contributed by atoms with Gasteiger partial charge in [0.15, 0.2) is 0 Å². The summed E-state index contributed by atoms with van der Waals surface area (Å²) in [5.74, 6) is 0. The fraction of sp³-hybridized carbons (Fsp3) is 0.462. The molecule has 0 spiro atoms. The number of aliphatic hydroxyl groups is 1. The number of aryl methyl sites for hydroxylation is 1. The maximum Gasteiger partial charge on any atom is 0.404 e. The van der Waals surface area contributed by atoms with Crippen molar-refractivity contribution in [3.8, 4) is 0 Å². The largest absolute Gasteiger partial charge is 0.465 e. The predicted octanol–water partition coefficient (Wildman–Crippen LogP) is 1.02. The first-order chi connectivity index (χ1) is 8.50. The van der Waals surface area contributed by atoms with Crippen LogP contribution in [0.3, 0.4) is 0 Å². The predicted molar refractivity (Wildman–Crippen MR) is 69.7 cm³/mol. The van der Waals surface area contributed by atoms with Crippen LogP contribution in [0.5, 0.6) is 0 Å². The van der Waals surface area contributed by atoms with Crippen LogP contribution in [-0.2, 0) is 6.54 Å². The Balaban J connectivity index is 2.33. The van der Waals surface area contributed by atoms with Crippen LogP contribution in [-0.4, -0.2) is 35.5 Å². The number of amides is 1. The first-order valence-electron chi connectivity index (χ1n) is 5.91. The standard InChI is InChI=1S/C13H20N2O3/c1-9-4-3-5-11(10(9)2)6-14-7-12(16)8-15-13(17)18/h3-5,12,14-16H,6-8H2,1-2H3,(H,17,18). The van der Waals surface area contributed by atoms with Crippen molar-refractivity contribution >= 4 is 6.09 Å². The van der Waals surface area contributed by atoms with E-state index in [2.05, 4.69) is 30.5 Å². The summed E-state index contributed by atoms with van der Waals surface area (Å²) < 4.78 is 0. The molecule has 0 heterocycles. The van der Waals surface area contributed by atoms with Gasteiger partial charge in [0.25, 0.3) is 0 Å². The van der Waals surface area contributed by atoms with Crippen LogP contribution in [0.4, 0.5) is 4.79 Å². The highest BCUT2D eigenvalue weighted by molar-refractivity contribution is 5.64. The minimum absolute atomic E-state index is 0.0368. The Morgan fingerprint density at radius 3 is 2.72 bits per heavy atom. The molecule has 5 nitrogen and oxygen atoms in total. The molecule has 0 fully saturated rings. The van der Waals surface area contributed by atoms with E-state index >= 15 is 0 Å². The molecule has 0 radical (unpaired) electrons. The molecule has 1 amide bonds. The van der Waals surface area contributed by atoms with Crippen LogP contribution >= 0.6 is 0 Å². The lowest BCUT2D eigenvalue weighted by Gasteiger charge is -2.13. The Labute approximate surface area is 107 Å². The third kappa shape index (κ3) is 4.73. The Kier molecular flexibility index (Phi) is 5.61. The highest BCUT2D eigenvalue weighted by Crippen LogP contribution is 2.11. The monoisotopic (exact) mass is 252 g/mol. The summed E-state index contributed by atoms with van der Waals surface area (Å²) in [4.78, 5) is 10.2. The maximum atomic E-state index is 10.2. The van der Waals surface area contributed by atoms with Gasteiger partial charge in [0.2, 0.25) is 0 Å². The van der Waals surface area contributed by atoms with Gasteiger partial charge in [0, 0.05) is 19.6 Å². The number of carboxylic acid groups (broad SMARTS) is 1. The average Bonchev–Trinajstić information content (AvgIpc) is 2.32. The summed E-state index contributed by atoms with van der Waals surface area (Å²) in [6.07, 6.45) is -1.84. The van der Waals surface area contributed by atoms with Crippen molar-refractivity contribution in [2.75, 3.05) is 13.1 Å². The van der Waals surface area contributed by atoms with E-state index in [1.807, 2.05) is 12.1 Å². The second-order valence-electron chi connectivity index (χ2n) is 4.33. The van der Waals surface area contributed by atoms with Gasteiger partial charge in [-0.3, -0.25) is 0 Å². The molecular weight excluding hydrogens is 232 g/mol. The molecule has 0 saturated carbocycles. The van der Waals surface area contributed by atoms with Crippen LogP contribution in [0, 0.1) is 13.8 Å². The van der Waals surface area contributed by atoms with E-state index in [4.69, 9.17) is 5.11 Å². The van der Waals surface area contributed by atoms with E-state index in [9.17, 15) is 9.90 Å². The van der Waals surface area contributed by atoms with Gasteiger partial charge in [-0.05, 0) is 30.5 Å². The van der Waals surface area contributed by atoms with Crippen molar-refractivity contribution in [1.29, 1.82) is 0 Å². The highest BCUT2D eigenvalue weighted by Gasteiger charge is 2.06. The maximum absolute atomic E-state index is 10.2. The van der Waals surface area contributed by atoms with Gasteiger partial charge in [-0.1, -0.05) is 18.2 Å². The zero-order valence-electron chi connectivity index (χ0n) is 10.7. The van der Waals surface area contributed by atoms with Crippen molar-refractivity contribution in [2.45, 2.75) is 26.5 Å². The van der Waals surface area contributed by atoms with Gasteiger partial charge < -0.3 is 20.8 Å². The lowest BCUT2D eigenvalue weighted by Crippen LogP contribution is -2.37. The number of benzene rings is 1. The van der Waals surface area contributed by atoms with Crippen molar-refractivity contribution in [1.82, 2.24) is 10.6 Å². The second kappa shape index (κ2) is 6.98. The number of nitrogens with one attached hydrogen (secondary N) is 2. The van der Waals surface area contributed by atoms with Crippen LogP contribution in [0.15, 0.2) is 18.2 Å². The molecule has 100 valence electrons. The number of aliphatic hydroxyl groups excluding tert-OH is 1. The van der Waals surface area contributed by atoms with Gasteiger partial charge in [0.05, 0.1) is 6.10 Å². The van der Waals surface area contributed by atoms with E-state index in [1.165, 1.54) is 16.7 Å². The molecule has 0 aromatic heterocycles. The Bertz CT molecular complexity index is 407. The van der Waals surface area contributed by atoms with E-state index < -0.39 is 12.2 Å². The van der Waals surface area contributed by atoms with Gasteiger partial charge in [-0.2, -0.15) is 0 Å². The van der Waals surface area contributed by atoms with Crippen LogP contribution in [0.1, 0.15) is 16.7 Å². The lowest BCUT2D eigenvalue weighted by molar-refractivity contribution is 0.155. The third-order valence-corrected chi connectivity index (χ3v) is 2.90. The van der Waals surface area contributed by atoms with Gasteiger partial charge in [-0.15, -0.1) is 0 Å². The zero-order chi connectivity index (χ0) is 13.5. The molecule has 4 N–H and O–H groups in total.